The number of benzene rings is 1. The Bertz CT molecular complexity index is 1330. The van der Waals surface area contributed by atoms with E-state index in [1.807, 2.05) is 4.90 Å². The molecule has 1 aromatic carbocycles. The highest BCUT2D eigenvalue weighted by molar-refractivity contribution is 5.97. The molecule has 0 aliphatic carbocycles. The van der Waals surface area contributed by atoms with Gasteiger partial charge < -0.3 is 14.5 Å². The van der Waals surface area contributed by atoms with Gasteiger partial charge in [-0.25, -0.2) is 13.5 Å². The highest BCUT2D eigenvalue weighted by Gasteiger charge is 2.26. The average Bonchev–Trinajstić information content (AvgIpc) is 3.28. The lowest BCUT2D eigenvalue weighted by atomic mass is 10.2. The molecule has 0 saturated carbocycles. The van der Waals surface area contributed by atoms with E-state index in [9.17, 15) is 13.6 Å². The van der Waals surface area contributed by atoms with Crippen LogP contribution in [0.5, 0.6) is 5.88 Å². The molecule has 1 aliphatic heterocycles. The Labute approximate surface area is 205 Å². The third-order valence-electron chi connectivity index (χ3n) is 5.85. The molecule has 3 aromatic heterocycles. The molecule has 4 aromatic rings. The van der Waals surface area contributed by atoms with E-state index < -0.39 is 6.43 Å². The number of amides is 1. The van der Waals surface area contributed by atoms with Crippen LogP contribution in [-0.4, -0.2) is 55.7 Å². The van der Waals surface area contributed by atoms with Crippen molar-refractivity contribution in [3.63, 3.8) is 0 Å². The number of rotatable bonds is 7. The van der Waals surface area contributed by atoms with Gasteiger partial charge in [-0.05, 0) is 37.3 Å². The standard InChI is InChI=1S/C24H22F2N8O2/c1-16-20(34(31-28-16)19-4-2-17(3-5-19)24(25)26)15-36-22-7-6-21(29-30-22)32-12-13-33(23(35)14-32)18-8-10-27-11-9-18/h2-11,24H,12-15H2,1H3. The average molecular weight is 492 g/mol. The molecular formula is C24H22F2N8O2. The fourth-order valence-electron chi connectivity index (χ4n) is 3.88. The molecule has 36 heavy (non-hydrogen) atoms. The molecule has 0 unspecified atom stereocenters. The number of aromatic nitrogens is 6. The SMILES string of the molecule is Cc1nnn(-c2ccc(C(F)F)cc2)c1COc1ccc(N2CCN(c3ccncc3)C(=O)C2)nn1. The molecule has 184 valence electrons. The summed E-state index contributed by atoms with van der Waals surface area (Å²) < 4.78 is 33.1. The first-order chi connectivity index (χ1) is 17.5. The number of halogens is 2. The molecule has 1 aliphatic rings. The van der Waals surface area contributed by atoms with Gasteiger partial charge in [-0.1, -0.05) is 17.3 Å². The number of hydrogen-bond acceptors (Lipinski definition) is 8. The van der Waals surface area contributed by atoms with Gasteiger partial charge in [0.05, 0.1) is 17.9 Å². The number of piperazine rings is 1. The van der Waals surface area contributed by atoms with Crippen LogP contribution in [0, 0.1) is 6.92 Å². The third kappa shape index (κ3) is 4.83. The van der Waals surface area contributed by atoms with Crippen LogP contribution in [0.3, 0.4) is 0 Å². The highest BCUT2D eigenvalue weighted by Crippen LogP contribution is 2.23. The minimum Gasteiger partial charge on any atom is -0.470 e. The van der Waals surface area contributed by atoms with Crippen LogP contribution in [0.2, 0.25) is 0 Å². The Morgan fingerprint density at radius 3 is 2.39 bits per heavy atom. The number of hydrogen-bond donors (Lipinski definition) is 0. The van der Waals surface area contributed by atoms with E-state index in [1.165, 1.54) is 12.1 Å². The first-order valence-corrected chi connectivity index (χ1v) is 11.2. The van der Waals surface area contributed by atoms with Gasteiger partial charge in [0.25, 0.3) is 6.43 Å². The summed E-state index contributed by atoms with van der Waals surface area (Å²) in [7, 11) is 0. The molecule has 4 heterocycles. The van der Waals surface area contributed by atoms with Crippen molar-refractivity contribution >= 4 is 17.4 Å². The number of ether oxygens (including phenoxy) is 1. The second-order valence-corrected chi connectivity index (χ2v) is 8.12. The predicted molar refractivity (Wildman–Crippen MR) is 126 cm³/mol. The van der Waals surface area contributed by atoms with E-state index in [1.54, 1.807) is 65.3 Å². The highest BCUT2D eigenvalue weighted by atomic mass is 19.3. The van der Waals surface area contributed by atoms with E-state index in [2.05, 4.69) is 25.5 Å². The Morgan fingerprint density at radius 1 is 0.944 bits per heavy atom. The smallest absolute Gasteiger partial charge is 0.263 e. The molecule has 0 spiro atoms. The Morgan fingerprint density at radius 2 is 1.72 bits per heavy atom. The van der Waals surface area contributed by atoms with Crippen molar-refractivity contribution in [1.82, 2.24) is 30.2 Å². The minimum absolute atomic E-state index is 0.0348. The second kappa shape index (κ2) is 10.0. The van der Waals surface area contributed by atoms with Crippen LogP contribution in [0.15, 0.2) is 60.9 Å². The van der Waals surface area contributed by atoms with Crippen molar-refractivity contribution in [2.24, 2.45) is 0 Å². The van der Waals surface area contributed by atoms with Gasteiger partial charge in [0.2, 0.25) is 11.8 Å². The Kier molecular flexibility index (Phi) is 6.48. The molecule has 1 fully saturated rings. The fraction of sp³-hybridized carbons (Fsp3) is 0.250. The normalized spacial score (nSPS) is 13.9. The van der Waals surface area contributed by atoms with Crippen molar-refractivity contribution in [2.45, 2.75) is 20.0 Å². The number of nitrogens with zero attached hydrogens (tertiary/aromatic N) is 8. The molecule has 5 rings (SSSR count). The Hall–Kier alpha value is -4.48. The van der Waals surface area contributed by atoms with Gasteiger partial charge in [-0.15, -0.1) is 15.3 Å². The van der Waals surface area contributed by atoms with Gasteiger partial charge in [-0.3, -0.25) is 9.78 Å². The molecule has 0 radical (unpaired) electrons. The summed E-state index contributed by atoms with van der Waals surface area (Å²) in [6.45, 7) is 3.21. The zero-order chi connectivity index (χ0) is 25.1. The maximum Gasteiger partial charge on any atom is 0.263 e. The predicted octanol–water partition coefficient (Wildman–Crippen LogP) is 3.13. The summed E-state index contributed by atoms with van der Waals surface area (Å²) in [5.41, 5.74) is 2.64. The van der Waals surface area contributed by atoms with E-state index in [0.29, 0.717) is 41.9 Å². The van der Waals surface area contributed by atoms with Gasteiger partial charge in [0.1, 0.15) is 12.3 Å². The van der Waals surface area contributed by atoms with Crippen molar-refractivity contribution < 1.29 is 18.3 Å². The van der Waals surface area contributed by atoms with Gasteiger partial charge in [0.15, 0.2) is 5.82 Å². The van der Waals surface area contributed by atoms with E-state index >= 15 is 0 Å². The molecular weight excluding hydrogens is 470 g/mol. The molecule has 1 amide bonds. The molecule has 12 heteroatoms. The third-order valence-corrected chi connectivity index (χ3v) is 5.85. The molecule has 1 saturated heterocycles. The summed E-state index contributed by atoms with van der Waals surface area (Å²) in [5.74, 6) is 0.833. The van der Waals surface area contributed by atoms with Crippen LogP contribution < -0.4 is 14.5 Å². The molecule has 10 nitrogen and oxygen atoms in total. The quantitative estimate of drug-likeness (QED) is 0.388. The monoisotopic (exact) mass is 492 g/mol. The summed E-state index contributed by atoms with van der Waals surface area (Å²) in [6.07, 6.45) is 0.781. The lowest BCUT2D eigenvalue weighted by Gasteiger charge is -2.34. The number of carbonyl (C=O) groups is 1. The number of aryl methyl sites for hydroxylation is 1. The number of anilines is 2. The van der Waals surface area contributed by atoms with Crippen molar-refractivity contribution in [1.29, 1.82) is 0 Å². The van der Waals surface area contributed by atoms with Crippen LogP contribution in [0.1, 0.15) is 23.4 Å². The van der Waals surface area contributed by atoms with Crippen molar-refractivity contribution in [3.8, 4) is 11.6 Å². The fourth-order valence-corrected chi connectivity index (χ4v) is 3.88. The van der Waals surface area contributed by atoms with Crippen LogP contribution in [0.25, 0.3) is 5.69 Å². The zero-order valence-electron chi connectivity index (χ0n) is 19.3. The zero-order valence-corrected chi connectivity index (χ0v) is 19.3. The molecule has 0 atom stereocenters. The van der Waals surface area contributed by atoms with E-state index in [4.69, 9.17) is 4.74 Å². The largest absolute Gasteiger partial charge is 0.470 e. The van der Waals surface area contributed by atoms with E-state index in [-0.39, 0.29) is 24.6 Å². The van der Waals surface area contributed by atoms with Crippen LogP contribution in [-0.2, 0) is 11.4 Å². The van der Waals surface area contributed by atoms with Crippen molar-refractivity contribution in [2.75, 3.05) is 29.4 Å². The first kappa shape index (κ1) is 23.3. The molecule has 0 bridgehead atoms. The lowest BCUT2D eigenvalue weighted by molar-refractivity contribution is -0.117. The first-order valence-electron chi connectivity index (χ1n) is 11.2. The lowest BCUT2D eigenvalue weighted by Crippen LogP contribution is -2.51. The topological polar surface area (TPSA) is 102 Å². The van der Waals surface area contributed by atoms with Crippen molar-refractivity contribution in [3.05, 3.63) is 77.9 Å². The molecule has 0 N–H and O–H groups in total. The number of alkyl halides is 2. The Balaban J connectivity index is 1.22. The second-order valence-electron chi connectivity index (χ2n) is 8.12. The number of carbonyl (C=O) groups excluding carboxylic acids is 1. The summed E-state index contributed by atoms with van der Waals surface area (Å²) >= 11 is 0. The van der Waals surface area contributed by atoms with Gasteiger partial charge in [0, 0.05) is 42.8 Å². The number of pyridine rings is 1. The van der Waals surface area contributed by atoms with Crippen LogP contribution in [0.4, 0.5) is 20.3 Å². The van der Waals surface area contributed by atoms with E-state index in [0.717, 1.165) is 5.69 Å². The maximum atomic E-state index is 12.9. The summed E-state index contributed by atoms with van der Waals surface area (Å²) in [5, 5.41) is 16.5. The minimum atomic E-state index is -2.54. The maximum absolute atomic E-state index is 12.9. The summed E-state index contributed by atoms with van der Waals surface area (Å²) in [4.78, 5) is 20.2. The summed E-state index contributed by atoms with van der Waals surface area (Å²) in [6, 6.07) is 12.9. The van der Waals surface area contributed by atoms with Crippen LogP contribution >= 0.6 is 0 Å². The van der Waals surface area contributed by atoms with Gasteiger partial charge >= 0.3 is 0 Å². The van der Waals surface area contributed by atoms with Gasteiger partial charge in [-0.2, -0.15) is 0 Å².